The highest BCUT2D eigenvalue weighted by molar-refractivity contribution is 5.22. The Morgan fingerprint density at radius 2 is 0.405 bits per heavy atom. The van der Waals surface area contributed by atoms with Crippen molar-refractivity contribution in [2.24, 2.45) is 0 Å². The third kappa shape index (κ3) is 28.0. The second-order valence-corrected chi connectivity index (χ2v) is 13.9. The lowest BCUT2D eigenvalue weighted by Gasteiger charge is -2.06. The lowest BCUT2D eigenvalue weighted by Crippen LogP contribution is -1.90. The molecule has 42 heavy (non-hydrogen) atoms. The van der Waals surface area contributed by atoms with Gasteiger partial charge in [0, 0.05) is 0 Å². The second kappa shape index (κ2) is 33.1. The highest BCUT2D eigenvalue weighted by atomic mass is 14.1. The van der Waals surface area contributed by atoms with Crippen molar-refractivity contribution in [3.05, 3.63) is 35.4 Å². The van der Waals surface area contributed by atoms with Crippen LogP contribution in [0.25, 0.3) is 0 Å². The fourth-order valence-corrected chi connectivity index (χ4v) is 6.63. The van der Waals surface area contributed by atoms with Gasteiger partial charge in [-0.25, -0.2) is 0 Å². The van der Waals surface area contributed by atoms with Gasteiger partial charge in [-0.05, 0) is 36.8 Å². The van der Waals surface area contributed by atoms with Gasteiger partial charge < -0.3 is 0 Å². The van der Waals surface area contributed by atoms with Gasteiger partial charge in [-0.2, -0.15) is 0 Å². The van der Waals surface area contributed by atoms with Crippen LogP contribution in [0.15, 0.2) is 24.3 Å². The van der Waals surface area contributed by atoms with Crippen molar-refractivity contribution in [2.45, 2.75) is 232 Å². The minimum absolute atomic E-state index is 1.28. The minimum Gasteiger partial charge on any atom is -0.0654 e. The van der Waals surface area contributed by atoms with E-state index in [0.29, 0.717) is 0 Å². The van der Waals surface area contributed by atoms with Gasteiger partial charge in [0.25, 0.3) is 0 Å². The Hall–Kier alpha value is -0.780. The van der Waals surface area contributed by atoms with E-state index in [9.17, 15) is 0 Å². The fourth-order valence-electron chi connectivity index (χ4n) is 6.63. The van der Waals surface area contributed by atoms with Crippen molar-refractivity contribution >= 4 is 0 Å². The third-order valence-electron chi connectivity index (χ3n) is 9.66. The Bertz CT molecular complexity index is 558. The maximum atomic E-state index is 2.41. The van der Waals surface area contributed by atoms with E-state index < -0.39 is 0 Å². The number of hydrogen-bond donors (Lipinski definition) is 0. The summed E-state index contributed by atoms with van der Waals surface area (Å²) >= 11 is 0. The van der Waals surface area contributed by atoms with Gasteiger partial charge in [0.2, 0.25) is 0 Å². The molecule has 1 aromatic carbocycles. The molecule has 0 aliphatic rings. The van der Waals surface area contributed by atoms with Crippen LogP contribution in [0.3, 0.4) is 0 Å². The number of hydrogen-bond acceptors (Lipinski definition) is 0. The van der Waals surface area contributed by atoms with Crippen molar-refractivity contribution < 1.29 is 0 Å². The molecule has 0 heterocycles. The Balaban J connectivity index is 1.81. The molecule has 0 heteroatoms. The van der Waals surface area contributed by atoms with E-state index in [2.05, 4.69) is 38.1 Å². The quantitative estimate of drug-likeness (QED) is 0.0709. The highest BCUT2D eigenvalue weighted by Crippen LogP contribution is 2.17. The smallest absolute Gasteiger partial charge is 0.0279 e. The first-order valence-electron chi connectivity index (χ1n) is 19.9. The summed E-state index contributed by atoms with van der Waals surface area (Å²) < 4.78 is 0. The fraction of sp³-hybridized carbons (Fsp3) is 0.857. The first kappa shape index (κ1) is 39.2. The number of benzene rings is 1. The molecule has 0 bridgehead atoms. The van der Waals surface area contributed by atoms with E-state index in [-0.39, 0.29) is 0 Å². The second-order valence-electron chi connectivity index (χ2n) is 13.9. The van der Waals surface area contributed by atoms with Gasteiger partial charge in [-0.15, -0.1) is 0 Å². The summed E-state index contributed by atoms with van der Waals surface area (Å²) in [5, 5.41) is 0. The molecule has 0 N–H and O–H groups in total. The van der Waals surface area contributed by atoms with Crippen LogP contribution >= 0.6 is 0 Å². The molecular formula is C42H78. The molecule has 1 rings (SSSR count). The maximum Gasteiger partial charge on any atom is -0.0279 e. The molecule has 1 aromatic rings. The molecular weight excluding hydrogens is 504 g/mol. The van der Waals surface area contributed by atoms with Crippen LogP contribution in [0.5, 0.6) is 0 Å². The summed E-state index contributed by atoms with van der Waals surface area (Å²) in [6.07, 6.45) is 49.0. The van der Waals surface area contributed by atoms with Crippen molar-refractivity contribution in [1.29, 1.82) is 0 Å². The van der Waals surface area contributed by atoms with Crippen LogP contribution in [0.1, 0.15) is 230 Å². The van der Waals surface area contributed by atoms with Crippen LogP contribution in [-0.4, -0.2) is 0 Å². The van der Waals surface area contributed by atoms with Gasteiger partial charge in [-0.1, -0.05) is 231 Å². The summed E-state index contributed by atoms with van der Waals surface area (Å²) in [5.74, 6) is 0. The summed E-state index contributed by atoms with van der Waals surface area (Å²) in [7, 11) is 0. The Morgan fingerprint density at radius 1 is 0.238 bits per heavy atom. The molecule has 0 radical (unpaired) electrons. The van der Waals surface area contributed by atoms with Gasteiger partial charge >= 0.3 is 0 Å². The topological polar surface area (TPSA) is 0 Å². The number of aryl methyl sites for hydroxylation is 2. The molecule has 0 aromatic heterocycles. The van der Waals surface area contributed by atoms with E-state index in [1.54, 1.807) is 11.1 Å². The minimum atomic E-state index is 1.28. The zero-order valence-corrected chi connectivity index (χ0v) is 29.4. The van der Waals surface area contributed by atoms with Gasteiger partial charge in [0.05, 0.1) is 0 Å². The predicted octanol–water partition coefficient (Wildman–Crippen LogP) is 15.3. The maximum absolute atomic E-state index is 2.41. The molecule has 0 aliphatic carbocycles. The van der Waals surface area contributed by atoms with Gasteiger partial charge in [0.15, 0.2) is 0 Å². The van der Waals surface area contributed by atoms with Crippen molar-refractivity contribution in [3.63, 3.8) is 0 Å². The standard InChI is InChI=1S/C42H78/c1-3-5-7-9-11-13-15-17-19-21-23-25-27-29-31-33-35-41-37-39-42(40-38-41)36-34-32-30-28-26-24-22-20-18-16-14-12-10-8-6-4-2/h37-40H,3-36H2,1-2H3. The molecule has 0 unspecified atom stereocenters. The molecule has 246 valence electrons. The summed E-state index contributed by atoms with van der Waals surface area (Å²) in [6.45, 7) is 4.61. The van der Waals surface area contributed by atoms with Gasteiger partial charge in [0.1, 0.15) is 0 Å². The van der Waals surface area contributed by atoms with E-state index in [4.69, 9.17) is 0 Å². The van der Waals surface area contributed by atoms with E-state index >= 15 is 0 Å². The van der Waals surface area contributed by atoms with E-state index in [1.165, 1.54) is 218 Å². The van der Waals surface area contributed by atoms with Crippen LogP contribution in [-0.2, 0) is 12.8 Å². The van der Waals surface area contributed by atoms with Crippen LogP contribution < -0.4 is 0 Å². The summed E-state index contributed by atoms with van der Waals surface area (Å²) in [5.41, 5.74) is 3.10. The summed E-state index contributed by atoms with van der Waals surface area (Å²) in [6, 6.07) is 9.64. The molecule has 0 fully saturated rings. The molecule has 0 spiro atoms. The van der Waals surface area contributed by atoms with Crippen LogP contribution in [0.4, 0.5) is 0 Å². The first-order valence-corrected chi connectivity index (χ1v) is 19.9. The Labute approximate surface area is 267 Å². The van der Waals surface area contributed by atoms with E-state index in [1.807, 2.05) is 0 Å². The average Bonchev–Trinajstić information content (AvgIpc) is 3.01. The van der Waals surface area contributed by atoms with Gasteiger partial charge in [-0.3, -0.25) is 0 Å². The molecule has 0 saturated carbocycles. The number of rotatable bonds is 34. The molecule has 0 atom stereocenters. The Morgan fingerprint density at radius 3 is 0.595 bits per heavy atom. The van der Waals surface area contributed by atoms with E-state index in [0.717, 1.165) is 0 Å². The predicted molar refractivity (Wildman–Crippen MR) is 193 cm³/mol. The van der Waals surface area contributed by atoms with Crippen LogP contribution in [0, 0.1) is 0 Å². The highest BCUT2D eigenvalue weighted by Gasteiger charge is 1.99. The zero-order valence-electron chi connectivity index (χ0n) is 29.4. The molecule has 0 nitrogen and oxygen atoms in total. The zero-order chi connectivity index (χ0) is 30.0. The number of unbranched alkanes of at least 4 members (excludes halogenated alkanes) is 30. The monoisotopic (exact) mass is 583 g/mol. The van der Waals surface area contributed by atoms with Crippen molar-refractivity contribution in [3.8, 4) is 0 Å². The summed E-state index contributed by atoms with van der Waals surface area (Å²) in [4.78, 5) is 0. The van der Waals surface area contributed by atoms with Crippen molar-refractivity contribution in [2.75, 3.05) is 0 Å². The van der Waals surface area contributed by atoms with Crippen LogP contribution in [0.2, 0.25) is 0 Å². The SMILES string of the molecule is CCCCCCCCCCCCCCCCCCc1ccc(CCCCCCCCCCCCCCCCCC)cc1. The van der Waals surface area contributed by atoms with Crippen molar-refractivity contribution in [1.82, 2.24) is 0 Å². The largest absolute Gasteiger partial charge is 0.0654 e. The lowest BCUT2D eigenvalue weighted by molar-refractivity contribution is 0.529. The first-order chi connectivity index (χ1) is 20.9. The average molecular weight is 583 g/mol. The molecule has 0 saturated heterocycles. The third-order valence-corrected chi connectivity index (χ3v) is 9.66. The lowest BCUT2D eigenvalue weighted by atomic mass is 10.0. The molecule has 0 aliphatic heterocycles. The molecule has 0 amide bonds. The Kier molecular flexibility index (Phi) is 30.9. The normalized spacial score (nSPS) is 11.5.